The second-order valence-electron chi connectivity index (χ2n) is 6.87. The van der Waals surface area contributed by atoms with Gasteiger partial charge in [-0.25, -0.2) is 13.6 Å². The average molecular weight is 509 g/mol. The number of carbonyl (C=O) groups is 1. The Morgan fingerprint density at radius 3 is 2.81 bits per heavy atom. The lowest BCUT2D eigenvalue weighted by atomic mass is 10.1. The fraction of sp³-hybridized carbons (Fsp3) is 0.273. The Balaban J connectivity index is 1.56. The molecule has 0 atom stereocenters. The number of nitrogens with two attached hydrogens (primary N) is 1. The second-order valence-corrected chi connectivity index (χ2v) is 7.78. The van der Waals surface area contributed by atoms with Gasteiger partial charge in [0.2, 0.25) is 0 Å². The molecule has 3 rings (SSSR count). The Kier molecular flexibility index (Phi) is 8.04. The van der Waals surface area contributed by atoms with Crippen LogP contribution in [0.4, 0.5) is 25.0 Å². The molecule has 0 aliphatic heterocycles. The van der Waals surface area contributed by atoms with Crippen LogP contribution in [0.15, 0.2) is 41.0 Å². The summed E-state index contributed by atoms with van der Waals surface area (Å²) in [5, 5.41) is 6.60. The van der Waals surface area contributed by atoms with E-state index in [-0.39, 0.29) is 18.1 Å². The number of unbranched alkanes of at least 4 members (excludes halogenated alkanes) is 1. The van der Waals surface area contributed by atoms with Crippen LogP contribution in [0.5, 0.6) is 11.5 Å². The van der Waals surface area contributed by atoms with E-state index in [1.807, 2.05) is 18.2 Å². The number of aromatic nitrogens is 1. The quantitative estimate of drug-likeness (QED) is 0.342. The summed E-state index contributed by atoms with van der Waals surface area (Å²) < 4.78 is 39.0. The van der Waals surface area contributed by atoms with Crippen LogP contribution in [0.2, 0.25) is 0 Å². The van der Waals surface area contributed by atoms with Gasteiger partial charge in [-0.05, 0) is 38.0 Å². The predicted molar refractivity (Wildman–Crippen MR) is 123 cm³/mol. The lowest BCUT2D eigenvalue weighted by Crippen LogP contribution is -2.26. The van der Waals surface area contributed by atoms with Crippen LogP contribution in [-0.4, -0.2) is 30.8 Å². The van der Waals surface area contributed by atoms with Crippen molar-refractivity contribution in [3.05, 3.63) is 52.6 Å². The minimum atomic E-state index is -0.941. The Bertz CT molecular complexity index is 1110. The van der Waals surface area contributed by atoms with Crippen molar-refractivity contribution in [2.45, 2.75) is 19.8 Å². The number of anilines is 2. The summed E-state index contributed by atoms with van der Waals surface area (Å²) in [7, 11) is 0. The molecular formula is C22H23BrF2N4O3. The molecule has 2 aromatic carbocycles. The van der Waals surface area contributed by atoms with Crippen molar-refractivity contribution in [3.8, 4) is 11.5 Å². The molecule has 0 bridgehead atoms. The number of nitrogens with zero attached hydrogens (tertiary/aromatic N) is 1. The van der Waals surface area contributed by atoms with Gasteiger partial charge in [-0.3, -0.25) is 4.98 Å². The van der Waals surface area contributed by atoms with Gasteiger partial charge in [0.1, 0.15) is 5.82 Å². The number of nitrogen functional groups attached to an aromatic ring is 1. The molecule has 32 heavy (non-hydrogen) atoms. The number of nitrogens with one attached hydrogen (secondary N) is 2. The first-order valence-electron chi connectivity index (χ1n) is 10.0. The predicted octanol–water partition coefficient (Wildman–Crippen LogP) is 5.24. The van der Waals surface area contributed by atoms with Crippen molar-refractivity contribution in [1.82, 2.24) is 10.3 Å². The van der Waals surface area contributed by atoms with E-state index in [1.54, 1.807) is 13.1 Å². The minimum absolute atomic E-state index is 0.147. The first kappa shape index (κ1) is 23.5. The highest BCUT2D eigenvalue weighted by Gasteiger charge is 2.17. The lowest BCUT2D eigenvalue weighted by molar-refractivity contribution is 0.196. The smallest absolute Gasteiger partial charge is 0.412 e. The molecule has 3 aromatic rings. The zero-order valence-corrected chi connectivity index (χ0v) is 19.0. The molecule has 0 spiro atoms. The minimum Gasteiger partial charge on any atom is -0.487 e. The number of pyridine rings is 1. The Hall–Kier alpha value is -3.14. The Morgan fingerprint density at radius 2 is 2.03 bits per heavy atom. The molecule has 1 aromatic heterocycles. The zero-order valence-electron chi connectivity index (χ0n) is 17.4. The van der Waals surface area contributed by atoms with E-state index in [0.717, 1.165) is 27.1 Å². The summed E-state index contributed by atoms with van der Waals surface area (Å²) in [4.78, 5) is 15.9. The lowest BCUT2D eigenvalue weighted by Gasteiger charge is -2.14. The molecule has 170 valence electrons. The number of ether oxygens (including phenoxy) is 2. The summed E-state index contributed by atoms with van der Waals surface area (Å²) in [5.41, 5.74) is 8.22. The molecule has 4 N–H and O–H groups in total. The standard InChI is InChI=1S/C22H23BrF2N4O3/c1-2-27-22(30)32-19-11-14(24)10-16(25)21(19)31-8-4-3-7-28-20-15-9-13(23)5-6-18(15)29-12-17(20)26/h5-6,9-12H,2-4,7-8,26H2,1H3,(H,27,30)(H,28,29). The number of fused-ring (bicyclic) bond motifs is 1. The fourth-order valence-corrected chi connectivity index (χ4v) is 3.39. The van der Waals surface area contributed by atoms with Gasteiger partial charge in [0.15, 0.2) is 17.3 Å². The Labute approximate surface area is 192 Å². The number of halogens is 3. The van der Waals surface area contributed by atoms with Gasteiger partial charge in [-0.1, -0.05) is 15.9 Å². The number of carbonyl (C=O) groups excluding carboxylic acids is 1. The van der Waals surface area contributed by atoms with E-state index >= 15 is 0 Å². The van der Waals surface area contributed by atoms with Gasteiger partial charge >= 0.3 is 6.09 Å². The van der Waals surface area contributed by atoms with Gasteiger partial charge in [0.05, 0.1) is 29.7 Å². The van der Waals surface area contributed by atoms with E-state index in [4.69, 9.17) is 15.2 Å². The summed E-state index contributed by atoms with van der Waals surface area (Å²) in [6.45, 7) is 2.75. The molecule has 0 saturated carbocycles. The van der Waals surface area contributed by atoms with E-state index < -0.39 is 17.7 Å². The molecule has 7 nitrogen and oxygen atoms in total. The third-order valence-corrected chi connectivity index (χ3v) is 4.97. The first-order valence-corrected chi connectivity index (χ1v) is 10.8. The first-order chi connectivity index (χ1) is 15.4. The highest BCUT2D eigenvalue weighted by Crippen LogP contribution is 2.32. The monoisotopic (exact) mass is 508 g/mol. The van der Waals surface area contributed by atoms with Crippen molar-refractivity contribution >= 4 is 44.3 Å². The highest BCUT2D eigenvalue weighted by molar-refractivity contribution is 9.10. The van der Waals surface area contributed by atoms with Gasteiger partial charge in [-0.2, -0.15) is 0 Å². The van der Waals surface area contributed by atoms with Gasteiger partial charge < -0.3 is 25.8 Å². The molecule has 0 aliphatic carbocycles. The number of benzene rings is 2. The van der Waals surface area contributed by atoms with E-state index in [2.05, 4.69) is 31.5 Å². The van der Waals surface area contributed by atoms with E-state index in [9.17, 15) is 13.6 Å². The Morgan fingerprint density at radius 1 is 1.22 bits per heavy atom. The maximum atomic E-state index is 14.2. The highest BCUT2D eigenvalue weighted by atomic mass is 79.9. The topological polar surface area (TPSA) is 98.5 Å². The van der Waals surface area contributed by atoms with Gasteiger partial charge in [0, 0.05) is 35.1 Å². The van der Waals surface area contributed by atoms with Crippen molar-refractivity contribution in [2.24, 2.45) is 0 Å². The fourth-order valence-electron chi connectivity index (χ4n) is 3.03. The van der Waals surface area contributed by atoms with Crippen LogP contribution >= 0.6 is 15.9 Å². The maximum Gasteiger partial charge on any atom is 0.412 e. The van der Waals surface area contributed by atoms with E-state index in [0.29, 0.717) is 37.7 Å². The number of hydrogen-bond acceptors (Lipinski definition) is 6. The van der Waals surface area contributed by atoms with Crippen molar-refractivity contribution in [2.75, 3.05) is 30.7 Å². The molecule has 1 heterocycles. The van der Waals surface area contributed by atoms with Crippen LogP contribution in [0.1, 0.15) is 19.8 Å². The van der Waals surface area contributed by atoms with E-state index in [1.165, 1.54) is 0 Å². The summed E-state index contributed by atoms with van der Waals surface area (Å²) in [5.74, 6) is -2.43. The number of rotatable bonds is 9. The zero-order chi connectivity index (χ0) is 23.1. The van der Waals surface area contributed by atoms with Crippen LogP contribution in [-0.2, 0) is 0 Å². The molecule has 1 amide bonds. The van der Waals surface area contributed by atoms with Crippen LogP contribution in [0, 0.1) is 11.6 Å². The summed E-state index contributed by atoms with van der Waals surface area (Å²) in [6.07, 6.45) is 2.04. The number of amides is 1. The van der Waals surface area contributed by atoms with Crippen molar-refractivity contribution < 1.29 is 23.0 Å². The molecule has 0 saturated heterocycles. The van der Waals surface area contributed by atoms with Crippen molar-refractivity contribution in [3.63, 3.8) is 0 Å². The summed E-state index contributed by atoms with van der Waals surface area (Å²) >= 11 is 3.45. The van der Waals surface area contributed by atoms with Gasteiger partial charge in [-0.15, -0.1) is 0 Å². The van der Waals surface area contributed by atoms with Crippen LogP contribution in [0.3, 0.4) is 0 Å². The normalized spacial score (nSPS) is 10.8. The molecule has 0 fully saturated rings. The number of hydrogen-bond donors (Lipinski definition) is 3. The molecule has 10 heteroatoms. The maximum absolute atomic E-state index is 14.2. The molecular weight excluding hydrogens is 486 g/mol. The van der Waals surface area contributed by atoms with Crippen LogP contribution in [0.25, 0.3) is 10.9 Å². The third kappa shape index (κ3) is 5.97. The second kappa shape index (κ2) is 10.9. The molecule has 0 radical (unpaired) electrons. The van der Waals surface area contributed by atoms with Crippen LogP contribution < -0.4 is 25.8 Å². The van der Waals surface area contributed by atoms with Gasteiger partial charge in [0.25, 0.3) is 0 Å². The molecule has 0 aliphatic rings. The molecule has 0 unspecified atom stereocenters. The SMILES string of the molecule is CCNC(=O)Oc1cc(F)cc(F)c1OCCCCNc1c(N)cnc2ccc(Br)cc12. The van der Waals surface area contributed by atoms with Crippen molar-refractivity contribution in [1.29, 1.82) is 0 Å². The summed E-state index contributed by atoms with van der Waals surface area (Å²) in [6, 6.07) is 7.33. The average Bonchev–Trinajstić information content (AvgIpc) is 2.73. The third-order valence-electron chi connectivity index (χ3n) is 4.48. The largest absolute Gasteiger partial charge is 0.487 e.